The summed E-state index contributed by atoms with van der Waals surface area (Å²) in [5.41, 5.74) is 1.26. The summed E-state index contributed by atoms with van der Waals surface area (Å²) in [5.74, 6) is 5.18. The lowest BCUT2D eigenvalue weighted by Crippen LogP contribution is -2.28. The first-order valence-corrected chi connectivity index (χ1v) is 6.84. The molecular weight excluding hydrogens is 268 g/mol. The van der Waals surface area contributed by atoms with E-state index in [4.69, 9.17) is 9.84 Å². The maximum Gasteiger partial charge on any atom is 0.251 e. The van der Waals surface area contributed by atoms with Gasteiger partial charge in [0.25, 0.3) is 5.91 Å². The number of benzene rings is 1. The van der Waals surface area contributed by atoms with Crippen LogP contribution in [0.15, 0.2) is 24.3 Å². The highest BCUT2D eigenvalue weighted by atomic mass is 16.5. The number of rotatable bonds is 7. The fourth-order valence-electron chi connectivity index (χ4n) is 1.57. The summed E-state index contributed by atoms with van der Waals surface area (Å²) in [5, 5.41) is 11.5. The molecular formula is C16H22N2O3. The van der Waals surface area contributed by atoms with E-state index in [1.54, 1.807) is 24.3 Å². The van der Waals surface area contributed by atoms with Crippen molar-refractivity contribution in [3.8, 4) is 11.8 Å². The van der Waals surface area contributed by atoms with Crippen LogP contribution in [-0.2, 0) is 4.74 Å². The third kappa shape index (κ3) is 7.47. The molecule has 0 aliphatic rings. The number of aliphatic hydroxyl groups excluding tert-OH is 1. The predicted octanol–water partition coefficient (Wildman–Crippen LogP) is 0.338. The first kappa shape index (κ1) is 17.2. The molecule has 0 saturated heterocycles. The monoisotopic (exact) mass is 290 g/mol. The number of hydrogen-bond acceptors (Lipinski definition) is 4. The second-order valence-electron chi connectivity index (χ2n) is 4.71. The highest BCUT2D eigenvalue weighted by Gasteiger charge is 2.04. The van der Waals surface area contributed by atoms with E-state index in [0.717, 1.165) is 6.54 Å². The lowest BCUT2D eigenvalue weighted by Gasteiger charge is -2.10. The Kier molecular flexibility index (Phi) is 8.14. The zero-order valence-electron chi connectivity index (χ0n) is 12.6. The fourth-order valence-corrected chi connectivity index (χ4v) is 1.57. The van der Waals surface area contributed by atoms with Gasteiger partial charge in [0.1, 0.15) is 6.61 Å². The van der Waals surface area contributed by atoms with Crippen molar-refractivity contribution in [2.24, 2.45) is 0 Å². The number of aliphatic hydroxyl groups is 1. The molecule has 0 heterocycles. The molecule has 0 spiro atoms. The van der Waals surface area contributed by atoms with Crippen LogP contribution < -0.4 is 5.32 Å². The number of nitrogens with zero attached hydrogens (tertiary/aromatic N) is 1. The molecule has 1 amide bonds. The van der Waals surface area contributed by atoms with E-state index < -0.39 is 0 Å². The minimum atomic E-state index is -0.194. The van der Waals surface area contributed by atoms with Crippen molar-refractivity contribution in [2.45, 2.75) is 0 Å². The third-order valence-corrected chi connectivity index (χ3v) is 2.65. The van der Waals surface area contributed by atoms with Gasteiger partial charge in [0.15, 0.2) is 0 Å². The van der Waals surface area contributed by atoms with Crippen LogP contribution in [0.3, 0.4) is 0 Å². The highest BCUT2D eigenvalue weighted by molar-refractivity contribution is 5.94. The topological polar surface area (TPSA) is 61.8 Å². The molecule has 5 nitrogen and oxygen atoms in total. The van der Waals surface area contributed by atoms with E-state index in [1.807, 2.05) is 19.0 Å². The Labute approximate surface area is 125 Å². The van der Waals surface area contributed by atoms with E-state index in [9.17, 15) is 4.79 Å². The molecule has 0 aromatic heterocycles. The number of amides is 1. The van der Waals surface area contributed by atoms with Gasteiger partial charge in [-0.3, -0.25) is 4.79 Å². The van der Waals surface area contributed by atoms with Gasteiger partial charge in [-0.1, -0.05) is 17.9 Å². The molecule has 0 atom stereocenters. The maximum atomic E-state index is 11.9. The Hall–Kier alpha value is -1.87. The van der Waals surface area contributed by atoms with E-state index >= 15 is 0 Å². The number of hydrogen-bond donors (Lipinski definition) is 2. The molecule has 0 aliphatic heterocycles. The van der Waals surface area contributed by atoms with E-state index in [0.29, 0.717) is 30.9 Å². The van der Waals surface area contributed by atoms with Crippen LogP contribution in [0.25, 0.3) is 0 Å². The summed E-state index contributed by atoms with van der Waals surface area (Å²) in [6.07, 6.45) is 0. The Morgan fingerprint density at radius 3 is 2.90 bits per heavy atom. The van der Waals surface area contributed by atoms with Gasteiger partial charge in [-0.25, -0.2) is 0 Å². The molecule has 21 heavy (non-hydrogen) atoms. The van der Waals surface area contributed by atoms with Gasteiger partial charge in [0, 0.05) is 24.2 Å². The second kappa shape index (κ2) is 9.94. The van der Waals surface area contributed by atoms with Crippen LogP contribution in [-0.4, -0.2) is 62.9 Å². The van der Waals surface area contributed by atoms with E-state index in [2.05, 4.69) is 17.2 Å². The zero-order valence-corrected chi connectivity index (χ0v) is 12.6. The summed E-state index contributed by atoms with van der Waals surface area (Å²) in [7, 11) is 3.97. The first-order chi connectivity index (χ1) is 10.1. The Morgan fingerprint density at radius 2 is 2.19 bits per heavy atom. The van der Waals surface area contributed by atoms with Gasteiger partial charge in [-0.05, 0) is 32.3 Å². The minimum Gasteiger partial charge on any atom is -0.384 e. The van der Waals surface area contributed by atoms with Gasteiger partial charge in [-0.2, -0.15) is 0 Å². The molecule has 1 rings (SSSR count). The summed E-state index contributed by atoms with van der Waals surface area (Å²) >= 11 is 0. The molecule has 0 bridgehead atoms. The zero-order chi connectivity index (χ0) is 15.5. The van der Waals surface area contributed by atoms with Crippen molar-refractivity contribution in [3.05, 3.63) is 35.4 Å². The lowest BCUT2D eigenvalue weighted by atomic mass is 10.1. The van der Waals surface area contributed by atoms with Crippen molar-refractivity contribution >= 4 is 5.91 Å². The molecule has 0 unspecified atom stereocenters. The SMILES string of the molecule is CN(C)CCOCCNC(=O)c1cccc(C#CCO)c1. The van der Waals surface area contributed by atoms with Crippen molar-refractivity contribution in [3.63, 3.8) is 0 Å². The largest absolute Gasteiger partial charge is 0.384 e. The Balaban J connectivity index is 2.35. The molecule has 1 aromatic carbocycles. The second-order valence-corrected chi connectivity index (χ2v) is 4.71. The van der Waals surface area contributed by atoms with E-state index in [1.165, 1.54) is 0 Å². The number of likely N-dealkylation sites (N-methyl/N-ethyl adjacent to an activating group) is 1. The number of ether oxygens (including phenoxy) is 1. The molecule has 0 aliphatic carbocycles. The average molecular weight is 290 g/mol. The molecule has 2 N–H and O–H groups in total. The highest BCUT2D eigenvalue weighted by Crippen LogP contribution is 2.03. The number of carbonyl (C=O) groups is 1. The van der Waals surface area contributed by atoms with Crippen LogP contribution >= 0.6 is 0 Å². The summed E-state index contributed by atoms with van der Waals surface area (Å²) in [4.78, 5) is 14.0. The Morgan fingerprint density at radius 1 is 1.38 bits per heavy atom. The van der Waals surface area contributed by atoms with Crippen molar-refractivity contribution in [2.75, 3.05) is 47.0 Å². The quantitative estimate of drug-likeness (QED) is 0.561. The number of nitrogens with one attached hydrogen (secondary N) is 1. The first-order valence-electron chi connectivity index (χ1n) is 6.84. The smallest absolute Gasteiger partial charge is 0.251 e. The van der Waals surface area contributed by atoms with Crippen LogP contribution in [0.2, 0.25) is 0 Å². The molecule has 0 fully saturated rings. The van der Waals surface area contributed by atoms with Gasteiger partial charge < -0.3 is 20.1 Å². The van der Waals surface area contributed by atoms with Crippen LogP contribution in [0.5, 0.6) is 0 Å². The van der Waals surface area contributed by atoms with Crippen LogP contribution in [0.1, 0.15) is 15.9 Å². The number of carbonyl (C=O) groups excluding carboxylic acids is 1. The normalized spacial score (nSPS) is 10.1. The predicted molar refractivity (Wildman–Crippen MR) is 82.1 cm³/mol. The van der Waals surface area contributed by atoms with Gasteiger partial charge in [-0.15, -0.1) is 0 Å². The third-order valence-electron chi connectivity index (χ3n) is 2.65. The molecule has 114 valence electrons. The van der Waals surface area contributed by atoms with Crippen LogP contribution in [0, 0.1) is 11.8 Å². The maximum absolute atomic E-state index is 11.9. The standard InChI is InChI=1S/C16H22N2O3/c1-18(2)9-12-21-11-8-17-16(20)15-7-3-5-14(13-15)6-4-10-19/h3,5,7,13,19H,8-12H2,1-2H3,(H,17,20). The van der Waals surface area contributed by atoms with Crippen molar-refractivity contribution in [1.82, 2.24) is 10.2 Å². The molecule has 0 saturated carbocycles. The van der Waals surface area contributed by atoms with Gasteiger partial charge >= 0.3 is 0 Å². The van der Waals surface area contributed by atoms with Gasteiger partial charge in [0.05, 0.1) is 13.2 Å². The van der Waals surface area contributed by atoms with Crippen molar-refractivity contribution < 1.29 is 14.6 Å². The summed E-state index contributed by atoms with van der Waals surface area (Å²) < 4.78 is 5.40. The van der Waals surface area contributed by atoms with E-state index in [-0.39, 0.29) is 12.5 Å². The minimum absolute atomic E-state index is 0.154. The molecule has 5 heteroatoms. The average Bonchev–Trinajstić information content (AvgIpc) is 2.48. The Bertz CT molecular complexity index is 504. The van der Waals surface area contributed by atoms with Gasteiger partial charge in [0.2, 0.25) is 0 Å². The van der Waals surface area contributed by atoms with Crippen molar-refractivity contribution in [1.29, 1.82) is 0 Å². The lowest BCUT2D eigenvalue weighted by molar-refractivity contribution is 0.0900. The molecule has 1 aromatic rings. The summed E-state index contributed by atoms with van der Waals surface area (Å²) in [6.45, 7) is 2.28. The molecule has 0 radical (unpaired) electrons. The van der Waals surface area contributed by atoms with Crippen LogP contribution in [0.4, 0.5) is 0 Å². The fraction of sp³-hybridized carbons (Fsp3) is 0.438. The summed E-state index contributed by atoms with van der Waals surface area (Å²) in [6, 6.07) is 6.99.